The molecule has 0 saturated carbocycles. The third-order valence-electron chi connectivity index (χ3n) is 1.70. The highest BCUT2D eigenvalue weighted by atomic mass is 79.9. The lowest BCUT2D eigenvalue weighted by molar-refractivity contribution is -0.174. The topological polar surface area (TPSA) is 38.3 Å². The average Bonchev–Trinajstić information content (AvgIpc) is 2.20. The Hall–Kier alpha value is -0.790. The van der Waals surface area contributed by atoms with Crippen molar-refractivity contribution in [3.05, 3.63) is 27.7 Å². The van der Waals surface area contributed by atoms with Crippen molar-refractivity contribution in [1.82, 2.24) is 0 Å². The number of hydrogen-bond donors (Lipinski definition) is 1. The Balaban J connectivity index is 2.45. The molecule has 0 unspecified atom stereocenters. The summed E-state index contributed by atoms with van der Waals surface area (Å²) in [7, 11) is 0. The molecule has 0 spiro atoms. The first-order valence-corrected chi connectivity index (χ1v) is 5.84. The van der Waals surface area contributed by atoms with Crippen LogP contribution in [0.4, 0.5) is 18.9 Å². The summed E-state index contributed by atoms with van der Waals surface area (Å²) >= 11 is 8.85. The molecule has 1 rings (SSSR count). The van der Waals surface area contributed by atoms with Crippen molar-refractivity contribution in [2.24, 2.45) is 0 Å². The summed E-state index contributed by atoms with van der Waals surface area (Å²) < 4.78 is 40.0. The molecule has 0 aliphatic heterocycles. The number of nitrogens with one attached hydrogen (secondary N) is 1. The Morgan fingerprint density at radius 3 is 2.67 bits per heavy atom. The minimum atomic E-state index is -4.44. The van der Waals surface area contributed by atoms with E-state index in [1.165, 1.54) is 6.07 Å². The second kappa shape index (κ2) is 6.40. The molecule has 1 amide bonds. The van der Waals surface area contributed by atoms with Crippen LogP contribution >= 0.6 is 27.5 Å². The molecule has 0 aliphatic carbocycles. The first-order valence-electron chi connectivity index (χ1n) is 4.67. The monoisotopic (exact) mass is 345 g/mol. The van der Waals surface area contributed by atoms with Crippen LogP contribution in [0.5, 0.6) is 0 Å². The average molecular weight is 347 g/mol. The van der Waals surface area contributed by atoms with Crippen LogP contribution in [0.15, 0.2) is 22.7 Å². The fraction of sp³-hybridized carbons (Fsp3) is 0.300. The SMILES string of the molecule is O=C(COCC(F)(F)F)Nc1ccc(Cl)cc1Br. The Bertz CT molecular complexity index is 440. The zero-order valence-electron chi connectivity index (χ0n) is 8.85. The number of benzene rings is 1. The quantitative estimate of drug-likeness (QED) is 0.904. The summed E-state index contributed by atoms with van der Waals surface area (Å²) in [6.07, 6.45) is -4.44. The van der Waals surface area contributed by atoms with Crippen molar-refractivity contribution >= 4 is 39.1 Å². The number of alkyl halides is 3. The molecule has 0 radical (unpaired) electrons. The van der Waals surface area contributed by atoms with Gasteiger partial charge in [-0.1, -0.05) is 11.6 Å². The lowest BCUT2D eigenvalue weighted by Gasteiger charge is -2.09. The Labute approximate surface area is 114 Å². The van der Waals surface area contributed by atoms with Crippen LogP contribution in [0.1, 0.15) is 0 Å². The third-order valence-corrected chi connectivity index (χ3v) is 2.60. The van der Waals surface area contributed by atoms with Gasteiger partial charge < -0.3 is 10.1 Å². The van der Waals surface area contributed by atoms with E-state index in [2.05, 4.69) is 26.0 Å². The second-order valence-electron chi connectivity index (χ2n) is 3.28. The first-order chi connectivity index (χ1) is 8.28. The van der Waals surface area contributed by atoms with Gasteiger partial charge in [0.1, 0.15) is 13.2 Å². The highest BCUT2D eigenvalue weighted by Crippen LogP contribution is 2.25. The highest BCUT2D eigenvalue weighted by Gasteiger charge is 2.27. The smallest absolute Gasteiger partial charge is 0.362 e. The third kappa shape index (κ3) is 5.70. The van der Waals surface area contributed by atoms with E-state index in [4.69, 9.17) is 11.6 Å². The van der Waals surface area contributed by atoms with Crippen LogP contribution in [0.25, 0.3) is 0 Å². The minimum Gasteiger partial charge on any atom is -0.362 e. The summed E-state index contributed by atoms with van der Waals surface area (Å²) in [5, 5.41) is 2.85. The summed E-state index contributed by atoms with van der Waals surface area (Å²) in [5.74, 6) is -0.678. The molecule has 1 aromatic rings. The van der Waals surface area contributed by atoms with Crippen molar-refractivity contribution in [2.45, 2.75) is 6.18 Å². The Kier molecular flexibility index (Phi) is 5.43. The molecule has 0 fully saturated rings. The van der Waals surface area contributed by atoms with Gasteiger partial charge in [0.2, 0.25) is 5.91 Å². The maximum atomic E-state index is 11.8. The van der Waals surface area contributed by atoms with Crippen LogP contribution in [0, 0.1) is 0 Å². The fourth-order valence-electron chi connectivity index (χ4n) is 1.04. The highest BCUT2D eigenvalue weighted by molar-refractivity contribution is 9.10. The van der Waals surface area contributed by atoms with Gasteiger partial charge in [0, 0.05) is 9.50 Å². The van der Waals surface area contributed by atoms with E-state index in [0.717, 1.165) is 0 Å². The van der Waals surface area contributed by atoms with Crippen molar-refractivity contribution < 1.29 is 22.7 Å². The van der Waals surface area contributed by atoms with Crippen molar-refractivity contribution in [2.75, 3.05) is 18.5 Å². The molecular weight excluding hydrogens is 338 g/mol. The van der Waals surface area contributed by atoms with Gasteiger partial charge in [0.05, 0.1) is 5.69 Å². The molecule has 8 heteroatoms. The molecule has 1 N–H and O–H groups in total. The van der Waals surface area contributed by atoms with Gasteiger partial charge >= 0.3 is 6.18 Å². The maximum Gasteiger partial charge on any atom is 0.411 e. The normalized spacial score (nSPS) is 11.4. The second-order valence-corrected chi connectivity index (χ2v) is 4.57. The largest absolute Gasteiger partial charge is 0.411 e. The van der Waals surface area contributed by atoms with Gasteiger partial charge in [-0.05, 0) is 34.1 Å². The summed E-state index contributed by atoms with van der Waals surface area (Å²) in [5.41, 5.74) is 0.403. The Morgan fingerprint density at radius 1 is 1.44 bits per heavy atom. The van der Waals surface area contributed by atoms with Gasteiger partial charge in [-0.15, -0.1) is 0 Å². The van der Waals surface area contributed by atoms with E-state index in [1.807, 2.05) is 0 Å². The van der Waals surface area contributed by atoms with Crippen LogP contribution in [-0.4, -0.2) is 25.3 Å². The summed E-state index contributed by atoms with van der Waals surface area (Å²) in [6.45, 7) is -2.13. The van der Waals surface area contributed by atoms with Gasteiger partial charge in [0.25, 0.3) is 0 Å². The van der Waals surface area contributed by atoms with E-state index in [-0.39, 0.29) is 0 Å². The zero-order valence-corrected chi connectivity index (χ0v) is 11.2. The summed E-state index contributed by atoms with van der Waals surface area (Å²) in [4.78, 5) is 11.3. The fourth-order valence-corrected chi connectivity index (χ4v) is 1.82. The molecule has 0 aliphatic rings. The molecule has 0 bridgehead atoms. The van der Waals surface area contributed by atoms with E-state index in [1.54, 1.807) is 12.1 Å². The zero-order chi connectivity index (χ0) is 13.8. The lowest BCUT2D eigenvalue weighted by Crippen LogP contribution is -2.24. The minimum absolute atomic E-state index is 0.403. The Morgan fingerprint density at radius 2 is 2.11 bits per heavy atom. The molecule has 0 heterocycles. The summed E-state index contributed by atoms with van der Waals surface area (Å²) in [6, 6.07) is 4.61. The molecule has 1 aromatic carbocycles. The lowest BCUT2D eigenvalue weighted by atomic mass is 10.3. The van der Waals surface area contributed by atoms with E-state index in [9.17, 15) is 18.0 Å². The number of amides is 1. The van der Waals surface area contributed by atoms with Gasteiger partial charge in [-0.3, -0.25) is 4.79 Å². The number of hydrogen-bond acceptors (Lipinski definition) is 2. The van der Waals surface area contributed by atoms with Gasteiger partial charge in [-0.25, -0.2) is 0 Å². The van der Waals surface area contributed by atoms with E-state index < -0.39 is 25.3 Å². The van der Waals surface area contributed by atoms with Gasteiger partial charge in [-0.2, -0.15) is 13.2 Å². The maximum absolute atomic E-state index is 11.8. The van der Waals surface area contributed by atoms with Crippen LogP contribution < -0.4 is 5.32 Å². The van der Waals surface area contributed by atoms with Crippen molar-refractivity contribution in [3.63, 3.8) is 0 Å². The number of ether oxygens (including phenoxy) is 1. The number of carbonyl (C=O) groups excluding carboxylic acids is 1. The molecule has 0 saturated heterocycles. The molecule has 0 atom stereocenters. The standard InChI is InChI=1S/C10H8BrClF3NO2/c11-7-3-6(12)1-2-8(7)16-9(17)4-18-5-10(13,14)15/h1-3H,4-5H2,(H,16,17). The predicted octanol–water partition coefficient (Wildman–Crippen LogP) is 3.62. The first kappa shape index (κ1) is 15.3. The molecular formula is C10H8BrClF3NO2. The molecule has 3 nitrogen and oxygen atoms in total. The number of rotatable bonds is 4. The van der Waals surface area contributed by atoms with Gasteiger partial charge in [0.15, 0.2) is 0 Å². The number of anilines is 1. The molecule has 100 valence electrons. The number of carbonyl (C=O) groups is 1. The van der Waals surface area contributed by atoms with Crippen LogP contribution in [0.2, 0.25) is 5.02 Å². The van der Waals surface area contributed by atoms with Crippen molar-refractivity contribution in [1.29, 1.82) is 0 Å². The van der Waals surface area contributed by atoms with Crippen LogP contribution in [-0.2, 0) is 9.53 Å². The number of halogens is 5. The predicted molar refractivity (Wildman–Crippen MR) is 64.7 cm³/mol. The van der Waals surface area contributed by atoms with E-state index >= 15 is 0 Å². The molecule has 0 aromatic heterocycles. The van der Waals surface area contributed by atoms with Crippen molar-refractivity contribution in [3.8, 4) is 0 Å². The molecule has 18 heavy (non-hydrogen) atoms. The van der Waals surface area contributed by atoms with Crippen LogP contribution in [0.3, 0.4) is 0 Å². The van der Waals surface area contributed by atoms with E-state index in [0.29, 0.717) is 15.2 Å².